The maximum Gasteiger partial charge on any atom is 0.573 e. The van der Waals surface area contributed by atoms with E-state index in [1.165, 1.54) is 18.3 Å². The monoisotopic (exact) mass is 362 g/mol. The third-order valence-corrected chi connectivity index (χ3v) is 3.43. The van der Waals surface area contributed by atoms with Crippen molar-refractivity contribution in [3.8, 4) is 11.6 Å². The van der Waals surface area contributed by atoms with Crippen molar-refractivity contribution in [3.05, 3.63) is 66.4 Å². The number of nitrogens with zero attached hydrogens (tertiary/aromatic N) is 3. The lowest BCUT2D eigenvalue weighted by Gasteiger charge is -2.10. The van der Waals surface area contributed by atoms with E-state index < -0.39 is 18.0 Å². The lowest BCUT2D eigenvalue weighted by molar-refractivity contribution is -0.274. The van der Waals surface area contributed by atoms with Crippen LogP contribution in [0.25, 0.3) is 5.82 Å². The summed E-state index contributed by atoms with van der Waals surface area (Å²) in [5.41, 5.74) is 0.640. The molecule has 26 heavy (non-hydrogen) atoms. The second-order valence-corrected chi connectivity index (χ2v) is 5.28. The third-order valence-electron chi connectivity index (χ3n) is 3.43. The van der Waals surface area contributed by atoms with Crippen LogP contribution in [0.5, 0.6) is 5.75 Å². The first-order chi connectivity index (χ1) is 12.3. The Hall–Kier alpha value is -3.36. The normalized spacial score (nSPS) is 11.2. The largest absolute Gasteiger partial charge is 0.573 e. The van der Waals surface area contributed by atoms with E-state index in [1.807, 2.05) is 6.92 Å². The first kappa shape index (κ1) is 17.5. The Morgan fingerprint density at radius 3 is 2.38 bits per heavy atom. The minimum Gasteiger partial charge on any atom is -0.406 e. The van der Waals surface area contributed by atoms with Gasteiger partial charge in [0, 0.05) is 18.0 Å². The number of pyridine rings is 1. The predicted molar refractivity (Wildman–Crippen MR) is 87.2 cm³/mol. The van der Waals surface area contributed by atoms with E-state index in [0.717, 1.165) is 18.0 Å². The molecule has 3 rings (SSSR count). The lowest BCUT2D eigenvalue weighted by atomic mass is 10.2. The van der Waals surface area contributed by atoms with Crippen LogP contribution in [0.3, 0.4) is 0 Å². The first-order valence-corrected chi connectivity index (χ1v) is 7.45. The molecule has 1 N–H and O–H groups in total. The summed E-state index contributed by atoms with van der Waals surface area (Å²) in [6.45, 7) is 1.84. The number of imidazole rings is 1. The second-order valence-electron chi connectivity index (χ2n) is 5.28. The number of aromatic nitrogens is 3. The number of ether oxygens (including phenoxy) is 1. The number of hydrogen-bond acceptors (Lipinski definition) is 4. The number of hydrogen-bond donors (Lipinski definition) is 1. The number of benzene rings is 1. The summed E-state index contributed by atoms with van der Waals surface area (Å²) in [5, 5.41) is 2.62. The molecule has 0 bridgehead atoms. The Morgan fingerprint density at radius 2 is 1.85 bits per heavy atom. The van der Waals surface area contributed by atoms with Crippen LogP contribution in [-0.2, 0) is 0 Å². The van der Waals surface area contributed by atoms with E-state index in [9.17, 15) is 18.0 Å². The number of amides is 1. The van der Waals surface area contributed by atoms with Gasteiger partial charge in [-0.05, 0) is 43.3 Å². The molecule has 0 atom stereocenters. The van der Waals surface area contributed by atoms with Gasteiger partial charge in [0.2, 0.25) is 0 Å². The SMILES string of the molecule is Cc1nccn1-c1ccc(NC(=O)c2ccc(OC(F)(F)F)cc2)cn1. The van der Waals surface area contributed by atoms with Gasteiger partial charge in [-0.25, -0.2) is 9.97 Å². The van der Waals surface area contributed by atoms with Crippen molar-refractivity contribution in [2.75, 3.05) is 5.32 Å². The quantitative estimate of drug-likeness (QED) is 0.768. The fraction of sp³-hybridized carbons (Fsp3) is 0.118. The standard InChI is InChI=1S/C17H13F3N4O2/c1-11-21-8-9-24(11)15-7-4-13(10-22-15)23-16(25)12-2-5-14(6-3-12)26-17(18,19)20/h2-10H,1H3,(H,23,25). The third kappa shape index (κ3) is 4.18. The van der Waals surface area contributed by atoms with Crippen LogP contribution < -0.4 is 10.1 Å². The van der Waals surface area contributed by atoms with Gasteiger partial charge in [-0.2, -0.15) is 0 Å². The van der Waals surface area contributed by atoms with Gasteiger partial charge in [-0.3, -0.25) is 9.36 Å². The van der Waals surface area contributed by atoms with Gasteiger partial charge in [-0.1, -0.05) is 0 Å². The molecule has 0 unspecified atom stereocenters. The number of rotatable bonds is 4. The molecule has 0 aliphatic heterocycles. The number of carbonyl (C=O) groups excluding carboxylic acids is 1. The average Bonchev–Trinajstić information content (AvgIpc) is 3.01. The zero-order valence-corrected chi connectivity index (χ0v) is 13.5. The smallest absolute Gasteiger partial charge is 0.406 e. The molecular formula is C17H13F3N4O2. The fourth-order valence-corrected chi connectivity index (χ4v) is 2.23. The summed E-state index contributed by atoms with van der Waals surface area (Å²) in [7, 11) is 0. The maximum absolute atomic E-state index is 12.2. The van der Waals surface area contributed by atoms with Crippen LogP contribution in [0, 0.1) is 6.92 Å². The molecule has 9 heteroatoms. The highest BCUT2D eigenvalue weighted by Crippen LogP contribution is 2.23. The molecule has 0 aliphatic carbocycles. The van der Waals surface area contributed by atoms with Crippen molar-refractivity contribution >= 4 is 11.6 Å². The summed E-state index contributed by atoms with van der Waals surface area (Å²) in [4.78, 5) is 20.5. The van der Waals surface area contributed by atoms with Gasteiger partial charge in [0.25, 0.3) is 5.91 Å². The molecular weight excluding hydrogens is 349 g/mol. The molecule has 0 saturated heterocycles. The highest BCUT2D eigenvalue weighted by molar-refractivity contribution is 6.04. The average molecular weight is 362 g/mol. The van der Waals surface area contributed by atoms with Crippen LogP contribution in [0.2, 0.25) is 0 Å². The van der Waals surface area contributed by atoms with Gasteiger partial charge in [0.05, 0.1) is 11.9 Å². The van der Waals surface area contributed by atoms with E-state index in [0.29, 0.717) is 11.5 Å². The van der Waals surface area contributed by atoms with E-state index in [4.69, 9.17) is 0 Å². The summed E-state index contributed by atoms with van der Waals surface area (Å²) >= 11 is 0. The predicted octanol–water partition coefficient (Wildman–Crippen LogP) is 3.73. The Morgan fingerprint density at radius 1 is 1.12 bits per heavy atom. The zero-order valence-electron chi connectivity index (χ0n) is 13.5. The summed E-state index contributed by atoms with van der Waals surface area (Å²) in [6.07, 6.45) is 0.123. The highest BCUT2D eigenvalue weighted by atomic mass is 19.4. The second kappa shape index (κ2) is 6.87. The first-order valence-electron chi connectivity index (χ1n) is 7.45. The minimum absolute atomic E-state index is 0.189. The maximum atomic E-state index is 12.2. The van der Waals surface area contributed by atoms with E-state index >= 15 is 0 Å². The van der Waals surface area contributed by atoms with Crippen molar-refractivity contribution in [2.45, 2.75) is 13.3 Å². The van der Waals surface area contributed by atoms with Gasteiger partial charge in [-0.15, -0.1) is 13.2 Å². The zero-order chi connectivity index (χ0) is 18.7. The Bertz CT molecular complexity index is 903. The van der Waals surface area contributed by atoms with E-state index in [2.05, 4.69) is 20.0 Å². The van der Waals surface area contributed by atoms with Crippen LogP contribution in [0.1, 0.15) is 16.2 Å². The molecule has 2 heterocycles. The molecule has 1 aromatic carbocycles. The molecule has 6 nitrogen and oxygen atoms in total. The minimum atomic E-state index is -4.77. The molecule has 134 valence electrons. The van der Waals surface area contributed by atoms with E-state index in [-0.39, 0.29) is 5.56 Å². The van der Waals surface area contributed by atoms with Crippen molar-refractivity contribution in [2.24, 2.45) is 0 Å². The van der Waals surface area contributed by atoms with Crippen LogP contribution in [-0.4, -0.2) is 26.8 Å². The number of anilines is 1. The van der Waals surface area contributed by atoms with Crippen LogP contribution in [0.4, 0.5) is 18.9 Å². The number of aryl methyl sites for hydroxylation is 1. The number of halogens is 3. The number of carbonyl (C=O) groups is 1. The van der Waals surface area contributed by atoms with Gasteiger partial charge >= 0.3 is 6.36 Å². The van der Waals surface area contributed by atoms with Gasteiger partial charge < -0.3 is 10.1 Å². The molecule has 0 spiro atoms. The Kier molecular flexibility index (Phi) is 4.61. The van der Waals surface area contributed by atoms with Crippen molar-refractivity contribution in [1.29, 1.82) is 0 Å². The van der Waals surface area contributed by atoms with Crippen LogP contribution in [0.15, 0.2) is 55.0 Å². The summed E-state index contributed by atoms with van der Waals surface area (Å²) in [6, 6.07) is 8.02. The molecule has 3 aromatic rings. The summed E-state index contributed by atoms with van der Waals surface area (Å²) in [5.74, 6) is 0.551. The Labute approximate surface area is 146 Å². The highest BCUT2D eigenvalue weighted by Gasteiger charge is 2.31. The molecule has 0 fully saturated rings. The number of nitrogens with one attached hydrogen (secondary N) is 1. The van der Waals surface area contributed by atoms with E-state index in [1.54, 1.807) is 29.1 Å². The van der Waals surface area contributed by atoms with Crippen LogP contribution >= 0.6 is 0 Å². The molecule has 0 aliphatic rings. The topological polar surface area (TPSA) is 69.0 Å². The molecule has 2 aromatic heterocycles. The molecule has 1 amide bonds. The fourth-order valence-electron chi connectivity index (χ4n) is 2.23. The number of alkyl halides is 3. The van der Waals surface area contributed by atoms with Gasteiger partial charge in [0.15, 0.2) is 0 Å². The van der Waals surface area contributed by atoms with Crippen molar-refractivity contribution in [3.63, 3.8) is 0 Å². The lowest BCUT2D eigenvalue weighted by Crippen LogP contribution is -2.17. The van der Waals surface area contributed by atoms with Gasteiger partial charge in [0.1, 0.15) is 17.4 Å². The molecule has 0 radical (unpaired) electrons. The summed E-state index contributed by atoms with van der Waals surface area (Å²) < 4.78 is 41.9. The molecule has 0 saturated carbocycles. The Balaban J connectivity index is 1.67. The van der Waals surface area contributed by atoms with Crippen molar-refractivity contribution in [1.82, 2.24) is 14.5 Å². The van der Waals surface area contributed by atoms with Crippen molar-refractivity contribution < 1.29 is 22.7 Å².